The number of hydrogen-bond acceptors (Lipinski definition) is 5. The maximum absolute atomic E-state index is 6.03. The first-order chi connectivity index (χ1) is 13.1. The summed E-state index contributed by atoms with van der Waals surface area (Å²) in [4.78, 5) is 12.9. The van der Waals surface area contributed by atoms with E-state index in [2.05, 4.69) is 32.2 Å². The molecular weight excluding hydrogens is 381 g/mol. The van der Waals surface area contributed by atoms with Crippen molar-refractivity contribution in [1.82, 2.24) is 15.0 Å². The normalized spacial score (nSPS) is 11.1. The van der Waals surface area contributed by atoms with E-state index >= 15 is 0 Å². The zero-order chi connectivity index (χ0) is 19.2. The van der Waals surface area contributed by atoms with E-state index in [4.69, 9.17) is 23.2 Å². The highest BCUT2D eigenvalue weighted by atomic mass is 35.5. The lowest BCUT2D eigenvalue weighted by atomic mass is 10.2. The number of anilines is 2. The zero-order valence-electron chi connectivity index (χ0n) is 14.8. The molecule has 2 N–H and O–H groups in total. The molecule has 0 amide bonds. The van der Waals surface area contributed by atoms with Gasteiger partial charge in [0.1, 0.15) is 5.82 Å². The van der Waals surface area contributed by atoms with Gasteiger partial charge in [0.2, 0.25) is 5.28 Å². The highest BCUT2D eigenvalue weighted by Gasteiger charge is 2.08. The summed E-state index contributed by atoms with van der Waals surface area (Å²) in [5.41, 5.74) is 3.56. The van der Waals surface area contributed by atoms with E-state index in [1.807, 2.05) is 43.3 Å². The molecule has 3 rings (SSSR count). The molecule has 5 nitrogen and oxygen atoms in total. The number of hydrogen-bond donors (Lipinski definition) is 2. The van der Waals surface area contributed by atoms with E-state index < -0.39 is 0 Å². The zero-order valence-corrected chi connectivity index (χ0v) is 16.3. The Morgan fingerprint density at radius 2 is 1.93 bits per heavy atom. The number of aromatic nitrogens is 3. The van der Waals surface area contributed by atoms with Crippen molar-refractivity contribution in [3.63, 3.8) is 0 Å². The number of pyridine rings is 1. The first-order valence-corrected chi connectivity index (χ1v) is 9.19. The van der Waals surface area contributed by atoms with Crippen LogP contribution < -0.4 is 10.6 Å². The first-order valence-electron chi connectivity index (χ1n) is 8.43. The van der Waals surface area contributed by atoms with Crippen molar-refractivity contribution >= 4 is 51.7 Å². The van der Waals surface area contributed by atoms with Crippen molar-refractivity contribution in [3.8, 4) is 0 Å². The third kappa shape index (κ3) is 4.76. The number of allylic oxidation sites excluding steroid dienone is 2. The SMILES string of the molecule is C=C/C=C\c1nc(Cl)nc(NCCNc2ccnc3cc(Cl)ccc23)c1C. The van der Waals surface area contributed by atoms with Gasteiger partial charge < -0.3 is 10.6 Å². The molecule has 0 atom stereocenters. The lowest BCUT2D eigenvalue weighted by molar-refractivity contribution is 1.03. The molecule has 7 heteroatoms. The van der Waals surface area contributed by atoms with Crippen molar-refractivity contribution in [2.24, 2.45) is 0 Å². The monoisotopic (exact) mass is 399 g/mol. The van der Waals surface area contributed by atoms with Crippen molar-refractivity contribution in [2.45, 2.75) is 6.92 Å². The fraction of sp³-hybridized carbons (Fsp3) is 0.150. The Balaban J connectivity index is 1.67. The third-order valence-corrected chi connectivity index (χ3v) is 4.39. The molecule has 3 aromatic rings. The fourth-order valence-corrected chi connectivity index (χ4v) is 2.99. The van der Waals surface area contributed by atoms with Gasteiger partial charge in [0.05, 0.1) is 11.2 Å². The van der Waals surface area contributed by atoms with Crippen LogP contribution in [0.4, 0.5) is 11.5 Å². The number of rotatable bonds is 7. The van der Waals surface area contributed by atoms with E-state index in [1.165, 1.54) is 0 Å². The molecule has 0 saturated heterocycles. The molecule has 0 spiro atoms. The first kappa shape index (κ1) is 19.1. The maximum Gasteiger partial charge on any atom is 0.224 e. The predicted molar refractivity (Wildman–Crippen MR) is 115 cm³/mol. The van der Waals surface area contributed by atoms with Crippen LogP contribution in [0.15, 0.2) is 49.2 Å². The Hall–Kier alpha value is -2.63. The minimum Gasteiger partial charge on any atom is -0.383 e. The molecule has 0 aliphatic rings. The number of nitrogens with zero attached hydrogens (tertiary/aromatic N) is 3. The second kappa shape index (κ2) is 8.84. The Bertz CT molecular complexity index is 1000. The highest BCUT2D eigenvalue weighted by Crippen LogP contribution is 2.24. The van der Waals surface area contributed by atoms with Crippen LogP contribution in [0, 0.1) is 6.92 Å². The van der Waals surface area contributed by atoms with Gasteiger partial charge in [-0.1, -0.05) is 30.3 Å². The minimum atomic E-state index is 0.205. The van der Waals surface area contributed by atoms with Crippen LogP contribution in [0.2, 0.25) is 10.3 Å². The topological polar surface area (TPSA) is 62.7 Å². The predicted octanol–water partition coefficient (Wildman–Crippen LogP) is 5.36. The van der Waals surface area contributed by atoms with Crippen molar-refractivity contribution in [1.29, 1.82) is 0 Å². The quantitative estimate of drug-likeness (QED) is 0.318. The van der Waals surface area contributed by atoms with Crippen molar-refractivity contribution in [2.75, 3.05) is 23.7 Å². The summed E-state index contributed by atoms with van der Waals surface area (Å²) in [5.74, 6) is 0.715. The van der Waals surface area contributed by atoms with Gasteiger partial charge in [0.25, 0.3) is 0 Å². The average molecular weight is 400 g/mol. The van der Waals surface area contributed by atoms with Gasteiger partial charge in [-0.05, 0) is 48.9 Å². The molecule has 0 aliphatic heterocycles. The number of halogens is 2. The summed E-state index contributed by atoms with van der Waals surface area (Å²) >= 11 is 12.1. The lowest BCUT2D eigenvalue weighted by Gasteiger charge is -2.13. The summed E-state index contributed by atoms with van der Waals surface area (Å²) in [7, 11) is 0. The van der Waals surface area contributed by atoms with E-state index in [0.29, 0.717) is 23.9 Å². The Kier molecular flexibility index (Phi) is 6.27. The smallest absolute Gasteiger partial charge is 0.224 e. The summed E-state index contributed by atoms with van der Waals surface area (Å²) in [6.07, 6.45) is 7.13. The van der Waals surface area contributed by atoms with Gasteiger partial charge >= 0.3 is 0 Å². The number of benzene rings is 1. The van der Waals surface area contributed by atoms with Gasteiger partial charge in [-0.3, -0.25) is 4.98 Å². The molecular formula is C20H19Cl2N5. The molecule has 0 saturated carbocycles. The molecule has 2 aromatic heterocycles. The molecule has 0 bridgehead atoms. The number of fused-ring (bicyclic) bond motifs is 1. The van der Waals surface area contributed by atoms with E-state index in [1.54, 1.807) is 12.3 Å². The summed E-state index contributed by atoms with van der Waals surface area (Å²) in [5, 5.41) is 8.62. The molecule has 0 aliphatic carbocycles. The van der Waals surface area contributed by atoms with Gasteiger partial charge in [-0.25, -0.2) is 9.97 Å². The van der Waals surface area contributed by atoms with Crippen LogP contribution in [0.5, 0.6) is 0 Å². The van der Waals surface area contributed by atoms with E-state index in [9.17, 15) is 0 Å². The molecule has 0 radical (unpaired) electrons. The minimum absolute atomic E-state index is 0.205. The van der Waals surface area contributed by atoms with E-state index in [0.717, 1.165) is 27.8 Å². The standard InChI is InChI=1S/C20H19Cl2N5/c1-3-4-5-16-13(2)19(27-20(22)26-16)25-11-10-24-17-8-9-23-18-12-14(21)6-7-15(17)18/h3-9,12H,1,10-11H2,2H3,(H,23,24)(H,25,26,27)/b5-4-. The molecule has 0 fully saturated rings. The van der Waals surface area contributed by atoms with Crippen LogP contribution in [-0.4, -0.2) is 28.0 Å². The van der Waals surface area contributed by atoms with Gasteiger partial charge in [-0.15, -0.1) is 0 Å². The Labute approximate surface area is 168 Å². The van der Waals surface area contributed by atoms with Crippen LogP contribution >= 0.6 is 23.2 Å². The maximum atomic E-state index is 6.03. The number of nitrogens with one attached hydrogen (secondary N) is 2. The summed E-state index contributed by atoms with van der Waals surface area (Å²) < 4.78 is 0. The molecule has 27 heavy (non-hydrogen) atoms. The van der Waals surface area contributed by atoms with Crippen LogP contribution in [0.1, 0.15) is 11.3 Å². The second-order valence-corrected chi connectivity index (χ2v) is 6.59. The van der Waals surface area contributed by atoms with Gasteiger partial charge in [0, 0.05) is 40.9 Å². The molecule has 0 unspecified atom stereocenters. The highest BCUT2D eigenvalue weighted by molar-refractivity contribution is 6.31. The van der Waals surface area contributed by atoms with Crippen molar-refractivity contribution < 1.29 is 0 Å². The van der Waals surface area contributed by atoms with Gasteiger partial charge in [0.15, 0.2) is 0 Å². The van der Waals surface area contributed by atoms with Crippen LogP contribution in [0.25, 0.3) is 17.0 Å². The average Bonchev–Trinajstić information content (AvgIpc) is 2.66. The van der Waals surface area contributed by atoms with E-state index in [-0.39, 0.29) is 5.28 Å². The molecule has 1 aromatic carbocycles. The summed E-state index contributed by atoms with van der Waals surface area (Å²) in [6.45, 7) is 6.98. The van der Waals surface area contributed by atoms with Crippen molar-refractivity contribution in [3.05, 3.63) is 70.8 Å². The lowest BCUT2D eigenvalue weighted by Crippen LogP contribution is -2.16. The Morgan fingerprint density at radius 1 is 1.11 bits per heavy atom. The third-order valence-electron chi connectivity index (χ3n) is 3.98. The Morgan fingerprint density at radius 3 is 2.74 bits per heavy atom. The molecule has 138 valence electrons. The fourth-order valence-electron chi connectivity index (χ4n) is 2.65. The van der Waals surface area contributed by atoms with Crippen LogP contribution in [-0.2, 0) is 0 Å². The second-order valence-electron chi connectivity index (χ2n) is 5.82. The van der Waals surface area contributed by atoms with Gasteiger partial charge in [-0.2, -0.15) is 0 Å². The molecule has 2 heterocycles. The summed E-state index contributed by atoms with van der Waals surface area (Å²) in [6, 6.07) is 7.62. The van der Waals surface area contributed by atoms with Crippen LogP contribution in [0.3, 0.4) is 0 Å². The largest absolute Gasteiger partial charge is 0.383 e.